The van der Waals surface area contributed by atoms with Crippen LogP contribution in [0.3, 0.4) is 0 Å². The Morgan fingerprint density at radius 1 is 1.29 bits per heavy atom. The number of hydrogen-bond acceptors (Lipinski definition) is 4. The molecule has 1 aromatic carbocycles. The number of rotatable bonds is 1. The van der Waals surface area contributed by atoms with E-state index in [4.69, 9.17) is 0 Å². The summed E-state index contributed by atoms with van der Waals surface area (Å²) >= 11 is 0. The molecule has 0 radical (unpaired) electrons. The molecule has 1 aliphatic heterocycles. The third-order valence-electron chi connectivity index (χ3n) is 3.77. The van der Waals surface area contributed by atoms with E-state index < -0.39 is 0 Å². The molecule has 1 aliphatic rings. The molecule has 0 unspecified atom stereocenters. The Labute approximate surface area is 118 Å². The summed E-state index contributed by atoms with van der Waals surface area (Å²) in [6, 6.07) is 4.34. The predicted octanol–water partition coefficient (Wildman–Crippen LogP) is -0.461. The van der Waals surface area contributed by atoms with Crippen molar-refractivity contribution in [1.29, 1.82) is 0 Å². The SMILES string of the molecule is O=c1[nH]nc2c(N3CCNCC3)[nH+]c3ccc(F)cc3n12. The average Bonchev–Trinajstić information content (AvgIpc) is 2.90. The summed E-state index contributed by atoms with van der Waals surface area (Å²) in [5.41, 5.74) is 1.29. The maximum absolute atomic E-state index is 13.5. The molecular weight excluding hydrogens is 275 g/mol. The Kier molecular flexibility index (Phi) is 2.64. The number of hydrogen-bond donors (Lipinski definition) is 2. The Balaban J connectivity index is 2.05. The van der Waals surface area contributed by atoms with Gasteiger partial charge in [0.1, 0.15) is 16.9 Å². The lowest BCUT2D eigenvalue weighted by Crippen LogP contribution is -2.46. The van der Waals surface area contributed by atoms with Crippen LogP contribution in [-0.4, -0.2) is 40.8 Å². The van der Waals surface area contributed by atoms with Crippen molar-refractivity contribution in [2.45, 2.75) is 0 Å². The summed E-state index contributed by atoms with van der Waals surface area (Å²) in [6.45, 7) is 3.38. The van der Waals surface area contributed by atoms with Crippen molar-refractivity contribution in [1.82, 2.24) is 19.9 Å². The molecule has 8 heteroatoms. The van der Waals surface area contributed by atoms with E-state index in [0.29, 0.717) is 16.7 Å². The summed E-state index contributed by atoms with van der Waals surface area (Å²) in [6.07, 6.45) is 0. The number of anilines is 1. The van der Waals surface area contributed by atoms with E-state index in [1.165, 1.54) is 16.5 Å². The zero-order valence-corrected chi connectivity index (χ0v) is 11.2. The Morgan fingerprint density at radius 3 is 2.90 bits per heavy atom. The number of aromatic nitrogens is 4. The molecule has 2 aromatic heterocycles. The largest absolute Gasteiger partial charge is 0.348 e. The van der Waals surface area contributed by atoms with Gasteiger partial charge < -0.3 is 5.32 Å². The van der Waals surface area contributed by atoms with Crippen molar-refractivity contribution in [3.63, 3.8) is 0 Å². The minimum absolute atomic E-state index is 0.369. The van der Waals surface area contributed by atoms with Crippen LogP contribution < -0.4 is 20.9 Å². The molecule has 1 saturated heterocycles. The number of aromatic amines is 2. The molecule has 0 atom stereocenters. The second kappa shape index (κ2) is 4.52. The number of fused-ring (bicyclic) bond motifs is 3. The molecule has 0 aliphatic carbocycles. The lowest BCUT2D eigenvalue weighted by molar-refractivity contribution is -0.329. The minimum Gasteiger partial charge on any atom is -0.309 e. The Morgan fingerprint density at radius 2 is 2.10 bits per heavy atom. The van der Waals surface area contributed by atoms with Crippen LogP contribution in [-0.2, 0) is 0 Å². The quantitative estimate of drug-likeness (QED) is 0.635. The van der Waals surface area contributed by atoms with Gasteiger partial charge in [0, 0.05) is 19.2 Å². The highest BCUT2D eigenvalue weighted by molar-refractivity contribution is 5.78. The van der Waals surface area contributed by atoms with Crippen LogP contribution in [0.25, 0.3) is 16.7 Å². The van der Waals surface area contributed by atoms with Crippen LogP contribution in [0.4, 0.5) is 10.2 Å². The summed E-state index contributed by atoms with van der Waals surface area (Å²) in [4.78, 5) is 17.4. The lowest BCUT2D eigenvalue weighted by atomic mass is 10.2. The molecule has 3 heterocycles. The number of benzene rings is 1. The molecule has 3 aromatic rings. The summed E-state index contributed by atoms with van der Waals surface area (Å²) in [5.74, 6) is 0.384. The van der Waals surface area contributed by atoms with E-state index in [1.807, 2.05) is 0 Å². The van der Waals surface area contributed by atoms with Gasteiger partial charge in [-0.15, -0.1) is 5.10 Å². The maximum Gasteiger partial charge on any atom is 0.348 e. The van der Waals surface area contributed by atoms with Crippen LogP contribution in [0.2, 0.25) is 0 Å². The minimum atomic E-state index is -0.389. The normalized spacial score (nSPS) is 16.0. The first-order valence-electron chi connectivity index (χ1n) is 6.81. The van der Waals surface area contributed by atoms with E-state index in [1.54, 1.807) is 6.07 Å². The van der Waals surface area contributed by atoms with Crippen LogP contribution in [0.5, 0.6) is 0 Å². The van der Waals surface area contributed by atoms with Crippen molar-refractivity contribution in [2.24, 2.45) is 0 Å². The second-order valence-electron chi connectivity index (χ2n) is 5.06. The smallest absolute Gasteiger partial charge is 0.309 e. The van der Waals surface area contributed by atoms with E-state index in [0.717, 1.165) is 32.0 Å². The van der Waals surface area contributed by atoms with Gasteiger partial charge in [-0.3, -0.25) is 4.90 Å². The molecule has 0 bridgehead atoms. The molecule has 3 N–H and O–H groups in total. The van der Waals surface area contributed by atoms with Gasteiger partial charge in [-0.1, -0.05) is 0 Å². The number of nitrogens with zero attached hydrogens (tertiary/aromatic N) is 3. The zero-order valence-electron chi connectivity index (χ0n) is 11.2. The van der Waals surface area contributed by atoms with E-state index in [9.17, 15) is 9.18 Å². The topological polar surface area (TPSA) is 79.6 Å². The molecule has 21 heavy (non-hydrogen) atoms. The molecule has 4 rings (SSSR count). The molecule has 0 spiro atoms. The lowest BCUT2D eigenvalue weighted by Gasteiger charge is -2.22. The highest BCUT2D eigenvalue weighted by Gasteiger charge is 2.25. The fraction of sp³-hybridized carbons (Fsp3) is 0.308. The first kappa shape index (κ1) is 12.3. The van der Waals surface area contributed by atoms with Gasteiger partial charge in [0.25, 0.3) is 5.65 Å². The van der Waals surface area contributed by atoms with Gasteiger partial charge in [0.2, 0.25) is 0 Å². The van der Waals surface area contributed by atoms with Crippen molar-refractivity contribution in [3.8, 4) is 0 Å². The van der Waals surface area contributed by atoms with Crippen molar-refractivity contribution in [2.75, 3.05) is 31.1 Å². The number of H-pyrrole nitrogens is 2. The Hall–Kier alpha value is -2.48. The molecule has 7 nitrogen and oxygen atoms in total. The second-order valence-corrected chi connectivity index (χ2v) is 5.06. The van der Waals surface area contributed by atoms with Crippen molar-refractivity contribution < 1.29 is 9.37 Å². The molecule has 0 amide bonds. The highest BCUT2D eigenvalue weighted by atomic mass is 19.1. The number of halogens is 1. The van der Waals surface area contributed by atoms with E-state index >= 15 is 0 Å². The number of piperazine rings is 1. The van der Waals surface area contributed by atoms with E-state index in [-0.39, 0.29) is 11.5 Å². The van der Waals surface area contributed by atoms with Gasteiger partial charge in [-0.05, 0) is 12.1 Å². The molecular formula is C13H14FN6O+. The zero-order chi connectivity index (χ0) is 14.4. The van der Waals surface area contributed by atoms with Gasteiger partial charge in [0.05, 0.1) is 13.1 Å². The monoisotopic (exact) mass is 289 g/mol. The standard InChI is InChI=1S/C13H13FN6O/c14-8-1-2-9-10(7-8)20-12(17-18-13(20)21)11(16-9)19-5-3-15-4-6-19/h1-2,7,15H,3-6H2,(H,18,21)/p+1. The Bertz CT molecular complexity index is 879. The van der Waals surface area contributed by atoms with Crippen LogP contribution in [0, 0.1) is 5.82 Å². The molecule has 1 fully saturated rings. The van der Waals surface area contributed by atoms with E-state index in [2.05, 4.69) is 25.4 Å². The first-order chi connectivity index (χ1) is 10.2. The predicted molar refractivity (Wildman–Crippen MR) is 74.9 cm³/mol. The van der Waals surface area contributed by atoms with Gasteiger partial charge in [0.15, 0.2) is 0 Å². The summed E-state index contributed by atoms with van der Waals surface area (Å²) in [5, 5.41) is 9.80. The molecule has 108 valence electrons. The van der Waals surface area contributed by atoms with Gasteiger partial charge >= 0.3 is 11.5 Å². The third-order valence-corrected chi connectivity index (χ3v) is 3.77. The highest BCUT2D eigenvalue weighted by Crippen LogP contribution is 2.19. The fourth-order valence-electron chi connectivity index (χ4n) is 2.77. The first-order valence-corrected chi connectivity index (χ1v) is 6.81. The fourth-order valence-corrected chi connectivity index (χ4v) is 2.77. The van der Waals surface area contributed by atoms with Gasteiger partial charge in [-0.25, -0.2) is 23.7 Å². The van der Waals surface area contributed by atoms with Crippen LogP contribution in [0.1, 0.15) is 0 Å². The van der Waals surface area contributed by atoms with Crippen LogP contribution in [0.15, 0.2) is 23.0 Å². The summed E-state index contributed by atoms with van der Waals surface area (Å²) < 4.78 is 14.9. The maximum atomic E-state index is 13.5. The summed E-state index contributed by atoms with van der Waals surface area (Å²) in [7, 11) is 0. The number of nitrogens with one attached hydrogen (secondary N) is 3. The van der Waals surface area contributed by atoms with Gasteiger partial charge in [-0.2, -0.15) is 0 Å². The third kappa shape index (κ3) is 1.87. The molecule has 0 saturated carbocycles. The van der Waals surface area contributed by atoms with Crippen molar-refractivity contribution >= 4 is 22.5 Å². The van der Waals surface area contributed by atoms with Crippen molar-refractivity contribution in [3.05, 3.63) is 34.5 Å². The average molecular weight is 289 g/mol. The van der Waals surface area contributed by atoms with Crippen LogP contribution >= 0.6 is 0 Å².